The van der Waals surface area contributed by atoms with Crippen LogP contribution in [0.4, 0.5) is 0 Å². The Bertz CT molecular complexity index is 813. The van der Waals surface area contributed by atoms with Crippen molar-refractivity contribution in [1.82, 2.24) is 0 Å². The summed E-state index contributed by atoms with van der Waals surface area (Å²) in [5.74, 6) is -1.36. The first-order chi connectivity index (χ1) is 15.0. The third-order valence-electron chi connectivity index (χ3n) is 8.59. The summed E-state index contributed by atoms with van der Waals surface area (Å²) < 4.78 is 0. The smallest absolute Gasteiger partial charge is 0.414 e. The molecule has 178 valence electrons. The first-order valence-electron chi connectivity index (χ1n) is 11.4. The van der Waals surface area contributed by atoms with Gasteiger partial charge >= 0.3 is 11.9 Å². The van der Waals surface area contributed by atoms with Gasteiger partial charge in [0.05, 0.1) is 5.71 Å². The highest BCUT2D eigenvalue weighted by molar-refractivity contribution is 6.27. The van der Waals surface area contributed by atoms with Gasteiger partial charge in [-0.25, -0.2) is 9.59 Å². The van der Waals surface area contributed by atoms with E-state index in [1.165, 1.54) is 0 Å². The molecule has 9 nitrogen and oxygen atoms in total. The van der Waals surface area contributed by atoms with Crippen LogP contribution in [0, 0.1) is 34.5 Å². The van der Waals surface area contributed by atoms with Crippen LogP contribution in [0.15, 0.2) is 5.16 Å². The number of ketones is 2. The van der Waals surface area contributed by atoms with Gasteiger partial charge in [0.15, 0.2) is 0 Å². The molecule has 0 aromatic rings. The van der Waals surface area contributed by atoms with E-state index in [0.717, 1.165) is 44.2 Å². The van der Waals surface area contributed by atoms with Gasteiger partial charge in [-0.05, 0) is 61.7 Å². The van der Waals surface area contributed by atoms with Crippen LogP contribution >= 0.6 is 0 Å². The molecule has 4 rings (SSSR count). The molecule has 6 atom stereocenters. The highest BCUT2D eigenvalue weighted by Crippen LogP contribution is 2.64. The lowest BCUT2D eigenvalue weighted by atomic mass is 9.45. The highest BCUT2D eigenvalue weighted by atomic mass is 16.6. The Labute approximate surface area is 187 Å². The fraction of sp³-hybridized carbons (Fsp3) is 0.783. The minimum absolute atomic E-state index is 0.0554. The summed E-state index contributed by atoms with van der Waals surface area (Å²) in [5.41, 5.74) is 6.37. The zero-order chi connectivity index (χ0) is 23.7. The van der Waals surface area contributed by atoms with Crippen molar-refractivity contribution in [1.29, 1.82) is 0 Å². The molecule has 4 aliphatic rings. The van der Waals surface area contributed by atoms with E-state index in [1.54, 1.807) is 0 Å². The monoisotopic (exact) mass is 450 g/mol. The number of carbonyl (C=O) groups is 4. The van der Waals surface area contributed by atoms with Crippen molar-refractivity contribution in [2.75, 3.05) is 13.2 Å². The summed E-state index contributed by atoms with van der Waals surface area (Å²) in [6, 6.07) is 0. The van der Waals surface area contributed by atoms with Gasteiger partial charge in [-0.2, -0.15) is 0 Å². The molecule has 4 aliphatic carbocycles. The molecule has 9 heteroatoms. The number of nitrogens with zero attached hydrogens (tertiary/aromatic N) is 1. The van der Waals surface area contributed by atoms with Gasteiger partial charge in [0.2, 0.25) is 0 Å². The van der Waals surface area contributed by atoms with Crippen LogP contribution in [0.1, 0.15) is 65.2 Å². The van der Waals surface area contributed by atoms with Crippen molar-refractivity contribution in [3.05, 3.63) is 0 Å². The van der Waals surface area contributed by atoms with Gasteiger partial charge in [-0.3, -0.25) is 9.59 Å². The van der Waals surface area contributed by atoms with Gasteiger partial charge < -0.3 is 20.8 Å². The van der Waals surface area contributed by atoms with E-state index in [4.69, 9.17) is 30.4 Å². The second-order valence-electron chi connectivity index (χ2n) is 10.1. The van der Waals surface area contributed by atoms with E-state index < -0.39 is 11.9 Å². The van der Waals surface area contributed by atoms with Crippen molar-refractivity contribution < 1.29 is 34.2 Å². The number of fused-ring (bicyclic) bond motifs is 5. The molecule has 32 heavy (non-hydrogen) atoms. The second-order valence-corrected chi connectivity index (χ2v) is 10.1. The van der Waals surface area contributed by atoms with E-state index in [1.807, 2.05) is 0 Å². The normalized spacial score (nSPS) is 39.3. The Balaban J connectivity index is 0.000000427. The number of carboxylic acids is 2. The van der Waals surface area contributed by atoms with Crippen LogP contribution in [-0.2, 0) is 24.0 Å². The molecule has 0 spiro atoms. The van der Waals surface area contributed by atoms with Gasteiger partial charge in [0.1, 0.15) is 18.2 Å². The molecule has 0 aromatic heterocycles. The fourth-order valence-corrected chi connectivity index (χ4v) is 6.89. The maximum Gasteiger partial charge on any atom is 0.414 e. The van der Waals surface area contributed by atoms with E-state index in [-0.39, 0.29) is 16.7 Å². The van der Waals surface area contributed by atoms with Crippen LogP contribution in [0.3, 0.4) is 0 Å². The van der Waals surface area contributed by atoms with Crippen LogP contribution in [0.2, 0.25) is 0 Å². The Morgan fingerprint density at radius 1 is 1.06 bits per heavy atom. The predicted molar refractivity (Wildman–Crippen MR) is 115 cm³/mol. The summed E-state index contributed by atoms with van der Waals surface area (Å²) in [6.45, 7) is 5.39. The molecule has 0 unspecified atom stereocenters. The largest absolute Gasteiger partial charge is 0.473 e. The van der Waals surface area contributed by atoms with Gasteiger partial charge in [-0.15, -0.1) is 0 Å². The van der Waals surface area contributed by atoms with Crippen molar-refractivity contribution in [3.63, 3.8) is 0 Å². The minimum atomic E-state index is -1.82. The Hall–Kier alpha value is -2.29. The Kier molecular flexibility index (Phi) is 7.07. The molecule has 0 aliphatic heterocycles. The highest BCUT2D eigenvalue weighted by Gasteiger charge is 2.62. The van der Waals surface area contributed by atoms with E-state index in [9.17, 15) is 9.59 Å². The van der Waals surface area contributed by atoms with Crippen molar-refractivity contribution in [2.45, 2.75) is 65.2 Å². The number of Topliss-reactive ketones (excluding diaryl/α,β-unsaturated/α-hetero) is 2. The lowest BCUT2D eigenvalue weighted by Crippen LogP contribution is -2.56. The lowest BCUT2D eigenvalue weighted by Gasteiger charge is -2.58. The summed E-state index contributed by atoms with van der Waals surface area (Å²) in [7, 11) is 0. The van der Waals surface area contributed by atoms with Crippen molar-refractivity contribution >= 4 is 29.2 Å². The van der Waals surface area contributed by atoms with Gasteiger partial charge in [0, 0.05) is 30.7 Å². The van der Waals surface area contributed by atoms with Gasteiger partial charge in [0.25, 0.3) is 0 Å². The molecule has 4 fully saturated rings. The molecule has 0 saturated heterocycles. The Morgan fingerprint density at radius 3 is 2.38 bits per heavy atom. The van der Waals surface area contributed by atoms with Crippen LogP contribution in [0.25, 0.3) is 0 Å². The predicted octanol–water partition coefficient (Wildman–Crippen LogP) is 2.26. The number of hydrogen-bond acceptors (Lipinski definition) is 7. The maximum atomic E-state index is 13.1. The number of rotatable bonds is 3. The zero-order valence-electron chi connectivity index (χ0n) is 18.8. The molecular weight excluding hydrogens is 416 g/mol. The van der Waals surface area contributed by atoms with E-state index >= 15 is 0 Å². The standard InChI is InChI=1S/C21H32N2O3.C2H2O4/c1-20-7-5-13(23-26-10-9-22)11-17(20)18(24)12-14-15-3-4-19(25)21(15,2)8-6-16(14)20;3-1(4)2(5)6/h14-17H,3-12,22H2,1-2H3;(H,3,4)(H,5,6)/b23-13+;/t14-,15-,16-,17+,20+,21-;/m0./s1. The maximum absolute atomic E-state index is 13.1. The fourth-order valence-electron chi connectivity index (χ4n) is 6.89. The average molecular weight is 451 g/mol. The molecule has 0 bridgehead atoms. The van der Waals surface area contributed by atoms with Crippen LogP contribution in [-0.4, -0.2) is 52.6 Å². The number of carbonyl (C=O) groups excluding carboxylic acids is 2. The summed E-state index contributed by atoms with van der Waals surface area (Å²) in [6.07, 6.45) is 7.13. The first kappa shape index (κ1) is 24.4. The summed E-state index contributed by atoms with van der Waals surface area (Å²) >= 11 is 0. The number of hydrogen-bond donors (Lipinski definition) is 3. The Morgan fingerprint density at radius 2 is 1.75 bits per heavy atom. The average Bonchev–Trinajstić information content (AvgIpc) is 3.04. The summed E-state index contributed by atoms with van der Waals surface area (Å²) in [5, 5.41) is 19.0. The van der Waals surface area contributed by atoms with E-state index in [2.05, 4.69) is 19.0 Å². The number of carboxylic acid groups (broad SMARTS) is 2. The molecule has 0 aromatic carbocycles. The quantitative estimate of drug-likeness (QED) is 0.336. The molecule has 4 saturated carbocycles. The molecule has 4 N–H and O–H groups in total. The number of nitrogens with two attached hydrogens (primary N) is 1. The number of oxime groups is 1. The van der Waals surface area contributed by atoms with Crippen LogP contribution in [0.5, 0.6) is 0 Å². The minimum Gasteiger partial charge on any atom is -0.473 e. The van der Waals surface area contributed by atoms with E-state index in [0.29, 0.717) is 55.3 Å². The summed E-state index contributed by atoms with van der Waals surface area (Å²) in [4.78, 5) is 49.1. The SMILES string of the molecule is C[C@]12CC/C(=N\OCCN)C[C@@H]1C(=O)C[C@@H]1[C@@H]2CC[C@]2(C)C(=O)CC[C@@H]12.O=C(O)C(=O)O. The first-order valence-corrected chi connectivity index (χ1v) is 11.4. The third kappa shape index (κ3) is 4.31. The molecule has 0 heterocycles. The topological polar surface area (TPSA) is 156 Å². The van der Waals surface area contributed by atoms with Crippen molar-refractivity contribution in [2.24, 2.45) is 45.4 Å². The lowest BCUT2D eigenvalue weighted by molar-refractivity contribution is -0.159. The molecule has 0 amide bonds. The second kappa shape index (κ2) is 9.29. The third-order valence-corrected chi connectivity index (χ3v) is 8.59. The van der Waals surface area contributed by atoms with Crippen LogP contribution < -0.4 is 5.73 Å². The van der Waals surface area contributed by atoms with Crippen molar-refractivity contribution in [3.8, 4) is 0 Å². The van der Waals surface area contributed by atoms with Gasteiger partial charge in [-0.1, -0.05) is 19.0 Å². The zero-order valence-corrected chi connectivity index (χ0v) is 18.8. The number of aliphatic carboxylic acids is 2. The molecular formula is C23H34N2O7. The molecule has 0 radical (unpaired) electrons.